The van der Waals surface area contributed by atoms with Crippen LogP contribution < -0.4 is 10.1 Å². The standard InChI is InChI=1S/C35H38N6O5S2/c1-19(2)23-18-48(42,43)32-29(27-17-21-10-14-37-33(31(21)47-27)39-25-9-8-24-22(25)5-4-13-36-24)28(34-40-41-35(44-3)46-34)26(38-30(23)32)7-6-20-11-15-45-16-12-20/h4-5,10,13-14,17,19-20,23,25H,6-9,11-12,15-16,18H2,1-3H3,(H,37,39)/t23?,25-/m0/s1. The number of hydrogen-bond donors (Lipinski definition) is 1. The van der Waals surface area contributed by atoms with E-state index in [0.29, 0.717) is 29.2 Å². The molecule has 0 aromatic carbocycles. The van der Waals surface area contributed by atoms with Crippen molar-refractivity contribution in [2.45, 2.75) is 69.2 Å². The predicted molar refractivity (Wildman–Crippen MR) is 183 cm³/mol. The molecular weight excluding hydrogens is 649 g/mol. The summed E-state index contributed by atoms with van der Waals surface area (Å²) in [6, 6.07) is 8.21. The zero-order chi connectivity index (χ0) is 33.0. The fraction of sp³-hybridized carbons (Fsp3) is 0.457. The molecule has 0 saturated carbocycles. The van der Waals surface area contributed by atoms with Crippen LogP contribution in [-0.2, 0) is 27.4 Å². The maximum absolute atomic E-state index is 14.2. The molecule has 7 heterocycles. The zero-order valence-corrected chi connectivity index (χ0v) is 28.9. The highest BCUT2D eigenvalue weighted by atomic mass is 32.2. The van der Waals surface area contributed by atoms with Gasteiger partial charge in [-0.2, -0.15) is 0 Å². The molecule has 1 unspecified atom stereocenters. The van der Waals surface area contributed by atoms with Gasteiger partial charge in [-0.05, 0) is 79.5 Å². The number of pyridine rings is 3. The molecule has 0 bridgehead atoms. The van der Waals surface area contributed by atoms with Crippen LogP contribution in [-0.4, -0.2) is 59.6 Å². The van der Waals surface area contributed by atoms with Crippen LogP contribution in [0.25, 0.3) is 32.0 Å². The number of nitrogens with zero attached hydrogens (tertiary/aromatic N) is 5. The predicted octanol–water partition coefficient (Wildman–Crippen LogP) is 6.80. The Morgan fingerprint density at radius 3 is 2.73 bits per heavy atom. The number of methoxy groups -OCH3 is 1. The van der Waals surface area contributed by atoms with Crippen molar-refractivity contribution in [3.63, 3.8) is 0 Å². The first-order valence-corrected chi connectivity index (χ1v) is 19.1. The van der Waals surface area contributed by atoms with E-state index in [1.165, 1.54) is 24.0 Å². The van der Waals surface area contributed by atoms with Crippen LogP contribution in [0.2, 0.25) is 0 Å². The number of thiophene rings is 1. The molecule has 8 rings (SSSR count). The lowest BCUT2D eigenvalue weighted by Gasteiger charge is -2.23. The lowest BCUT2D eigenvalue weighted by molar-refractivity contribution is 0.0639. The van der Waals surface area contributed by atoms with Crippen molar-refractivity contribution in [1.29, 1.82) is 0 Å². The second-order valence-corrected chi connectivity index (χ2v) is 16.3. The first kappa shape index (κ1) is 31.3. The normalized spacial score (nSPS) is 20.3. The molecule has 11 nitrogen and oxygen atoms in total. The van der Waals surface area contributed by atoms with E-state index in [1.54, 1.807) is 6.20 Å². The number of ether oxygens (including phenoxy) is 2. The molecule has 3 aliphatic rings. The molecule has 0 amide bonds. The average molecular weight is 687 g/mol. The summed E-state index contributed by atoms with van der Waals surface area (Å²) in [5.41, 5.74) is 4.86. The van der Waals surface area contributed by atoms with E-state index in [-0.39, 0.29) is 40.5 Å². The van der Waals surface area contributed by atoms with Crippen molar-refractivity contribution >= 4 is 37.1 Å². The number of nitrogens with one attached hydrogen (secondary N) is 1. The SMILES string of the molecule is COc1nnc(-c2c(CCC3CCOCC3)nc3c(c2-c2cc4ccnc(N[C@H]5CCc6ncccc65)c4s2)S(=O)(=O)CC3C(C)C)o1. The van der Waals surface area contributed by atoms with Crippen LogP contribution in [0.4, 0.5) is 5.82 Å². The van der Waals surface area contributed by atoms with E-state index in [4.69, 9.17) is 23.9 Å². The summed E-state index contributed by atoms with van der Waals surface area (Å²) in [4.78, 5) is 15.6. The maximum Gasteiger partial charge on any atom is 0.414 e. The second kappa shape index (κ2) is 12.5. The van der Waals surface area contributed by atoms with E-state index in [9.17, 15) is 8.42 Å². The Bertz CT molecular complexity index is 2100. The van der Waals surface area contributed by atoms with Gasteiger partial charge in [-0.3, -0.25) is 9.97 Å². The van der Waals surface area contributed by atoms with Crippen LogP contribution in [0.15, 0.2) is 46.0 Å². The highest BCUT2D eigenvalue weighted by molar-refractivity contribution is 7.92. The molecule has 1 N–H and O–H groups in total. The van der Waals surface area contributed by atoms with Crippen LogP contribution in [0.3, 0.4) is 0 Å². The first-order valence-electron chi connectivity index (χ1n) is 16.6. The van der Waals surface area contributed by atoms with Gasteiger partial charge in [-0.15, -0.1) is 16.4 Å². The summed E-state index contributed by atoms with van der Waals surface area (Å²) in [7, 11) is -2.22. The summed E-state index contributed by atoms with van der Waals surface area (Å²) < 4.78 is 46.2. The van der Waals surface area contributed by atoms with Gasteiger partial charge in [0.15, 0.2) is 9.84 Å². The number of sulfone groups is 1. The van der Waals surface area contributed by atoms with Crippen molar-refractivity contribution in [2.24, 2.45) is 11.8 Å². The maximum atomic E-state index is 14.2. The van der Waals surface area contributed by atoms with Crippen molar-refractivity contribution in [2.75, 3.05) is 31.4 Å². The zero-order valence-electron chi connectivity index (χ0n) is 27.2. The molecule has 2 atom stereocenters. The monoisotopic (exact) mass is 686 g/mol. The first-order chi connectivity index (χ1) is 23.3. The van der Waals surface area contributed by atoms with Gasteiger partial charge in [0.25, 0.3) is 5.89 Å². The lowest BCUT2D eigenvalue weighted by atomic mass is 9.89. The van der Waals surface area contributed by atoms with Gasteiger partial charge in [-0.1, -0.05) is 25.0 Å². The molecule has 5 aromatic rings. The van der Waals surface area contributed by atoms with Gasteiger partial charge in [-0.25, -0.2) is 13.4 Å². The Morgan fingerprint density at radius 1 is 1.08 bits per heavy atom. The third-order valence-corrected chi connectivity index (χ3v) is 13.0. The summed E-state index contributed by atoms with van der Waals surface area (Å²) in [6.45, 7) is 5.64. The van der Waals surface area contributed by atoms with Crippen LogP contribution in [0.5, 0.6) is 6.08 Å². The van der Waals surface area contributed by atoms with E-state index in [2.05, 4.69) is 46.5 Å². The van der Waals surface area contributed by atoms with E-state index in [1.807, 2.05) is 18.3 Å². The second-order valence-electron chi connectivity index (χ2n) is 13.3. The minimum absolute atomic E-state index is 0.00750. The molecule has 5 aromatic heterocycles. The third kappa shape index (κ3) is 5.55. The van der Waals surface area contributed by atoms with Gasteiger partial charge in [0.1, 0.15) is 5.82 Å². The fourth-order valence-corrected chi connectivity index (χ4v) is 10.9. The van der Waals surface area contributed by atoms with Crippen LogP contribution in [0.1, 0.15) is 74.1 Å². The summed E-state index contributed by atoms with van der Waals surface area (Å²) >= 11 is 1.52. The Morgan fingerprint density at radius 2 is 1.94 bits per heavy atom. The molecule has 1 saturated heterocycles. The van der Waals surface area contributed by atoms with E-state index < -0.39 is 9.84 Å². The molecule has 48 heavy (non-hydrogen) atoms. The number of fused-ring (bicyclic) bond motifs is 3. The minimum Gasteiger partial charge on any atom is -0.452 e. The quantitative estimate of drug-likeness (QED) is 0.175. The van der Waals surface area contributed by atoms with Crippen molar-refractivity contribution < 1.29 is 22.3 Å². The molecule has 1 aliphatic carbocycles. The molecule has 2 aliphatic heterocycles. The van der Waals surface area contributed by atoms with Crippen molar-refractivity contribution in [1.82, 2.24) is 25.1 Å². The van der Waals surface area contributed by atoms with Crippen molar-refractivity contribution in [3.05, 3.63) is 59.3 Å². The van der Waals surface area contributed by atoms with Gasteiger partial charge in [0, 0.05) is 47.7 Å². The lowest BCUT2D eigenvalue weighted by Crippen LogP contribution is -2.17. The molecule has 13 heteroatoms. The highest BCUT2D eigenvalue weighted by Gasteiger charge is 2.43. The minimum atomic E-state index is -3.69. The molecule has 0 spiro atoms. The van der Waals surface area contributed by atoms with Gasteiger partial charge in [0.05, 0.1) is 45.5 Å². The number of rotatable bonds is 9. The molecule has 1 fully saturated rings. The van der Waals surface area contributed by atoms with Crippen LogP contribution >= 0.6 is 11.3 Å². The van der Waals surface area contributed by atoms with Gasteiger partial charge < -0.3 is 19.2 Å². The van der Waals surface area contributed by atoms with E-state index in [0.717, 1.165) is 77.5 Å². The Balaban J connectivity index is 1.32. The largest absolute Gasteiger partial charge is 0.452 e. The summed E-state index contributed by atoms with van der Waals surface area (Å²) in [5, 5.41) is 13.1. The van der Waals surface area contributed by atoms with Crippen molar-refractivity contribution in [3.8, 4) is 28.0 Å². The smallest absolute Gasteiger partial charge is 0.414 e. The Kier molecular flexibility index (Phi) is 8.16. The van der Waals surface area contributed by atoms with E-state index >= 15 is 0 Å². The topological polar surface area (TPSA) is 142 Å². The number of aryl methyl sites for hydroxylation is 2. The molecule has 250 valence electrons. The Labute approximate surface area is 283 Å². The Hall–Kier alpha value is -3.94. The van der Waals surface area contributed by atoms with Crippen LogP contribution in [0, 0.1) is 11.8 Å². The number of anilines is 1. The fourth-order valence-electron chi connectivity index (χ4n) is 7.45. The summed E-state index contributed by atoms with van der Waals surface area (Å²) in [6.07, 6.45) is 9.00. The number of aromatic nitrogens is 5. The molecular formula is C35H38N6O5S2. The average Bonchev–Trinajstić information content (AvgIpc) is 3.89. The summed E-state index contributed by atoms with van der Waals surface area (Å²) in [5.74, 6) is 1.34. The van der Waals surface area contributed by atoms with Gasteiger partial charge >= 0.3 is 6.08 Å². The highest BCUT2D eigenvalue weighted by Crippen LogP contribution is 2.51. The molecule has 0 radical (unpaired) electrons. The van der Waals surface area contributed by atoms with Gasteiger partial charge in [0.2, 0.25) is 0 Å². The number of hydrogen-bond acceptors (Lipinski definition) is 12. The third-order valence-electron chi connectivity index (χ3n) is 10.0.